The fourth-order valence-corrected chi connectivity index (χ4v) is 4.92. The fourth-order valence-electron chi connectivity index (χ4n) is 2.63. The van der Waals surface area contributed by atoms with E-state index in [1.54, 1.807) is 30.2 Å². The Bertz CT molecular complexity index is 921. The van der Waals surface area contributed by atoms with Gasteiger partial charge in [0.2, 0.25) is 0 Å². The molecule has 1 unspecified atom stereocenters. The molecule has 4 nitrogen and oxygen atoms in total. The quantitative estimate of drug-likeness (QED) is 0.669. The Hall–Kier alpha value is -1.79. The number of nitrogens with zero attached hydrogens (tertiary/aromatic N) is 3. The summed E-state index contributed by atoms with van der Waals surface area (Å²) in [7, 11) is 0. The number of hydrogen-bond donors (Lipinski definition) is 0. The number of fused-ring (bicyclic) bond motifs is 2. The summed E-state index contributed by atoms with van der Waals surface area (Å²) in [6, 6.07) is 10.3. The average molecular weight is 341 g/mol. The summed E-state index contributed by atoms with van der Waals surface area (Å²) in [6.45, 7) is 2.79. The van der Waals surface area contributed by atoms with Crippen molar-refractivity contribution in [2.45, 2.75) is 28.8 Å². The second-order valence-corrected chi connectivity index (χ2v) is 7.93. The van der Waals surface area contributed by atoms with E-state index < -0.39 is 0 Å². The summed E-state index contributed by atoms with van der Waals surface area (Å²) >= 11 is 3.48. The van der Waals surface area contributed by atoms with Crippen LogP contribution >= 0.6 is 23.5 Å². The molecule has 3 heterocycles. The van der Waals surface area contributed by atoms with Gasteiger partial charge in [0.05, 0.1) is 17.1 Å². The number of benzene rings is 1. The predicted molar refractivity (Wildman–Crippen MR) is 95.3 cm³/mol. The molecule has 0 N–H and O–H groups in total. The zero-order valence-electron chi connectivity index (χ0n) is 12.6. The predicted octanol–water partition coefficient (Wildman–Crippen LogP) is 3.37. The van der Waals surface area contributed by atoms with Gasteiger partial charge < -0.3 is 0 Å². The van der Waals surface area contributed by atoms with Gasteiger partial charge in [0.15, 0.2) is 5.16 Å². The van der Waals surface area contributed by atoms with Crippen molar-refractivity contribution in [3.8, 4) is 0 Å². The molecule has 1 aromatic carbocycles. The topological polar surface area (TPSA) is 47.8 Å². The molecule has 0 saturated heterocycles. The van der Waals surface area contributed by atoms with Crippen LogP contribution in [0.15, 0.2) is 57.6 Å². The Kier molecular flexibility index (Phi) is 3.87. The molecule has 0 aliphatic carbocycles. The monoisotopic (exact) mass is 341 g/mol. The lowest BCUT2D eigenvalue weighted by Gasteiger charge is -2.24. The SMILES string of the molecule is Cc1ccc(SC2CSc3nc4cnccc4c(=O)n3C2)cc1. The molecule has 0 saturated carbocycles. The first-order valence-corrected chi connectivity index (χ1v) is 9.28. The van der Waals surface area contributed by atoms with Gasteiger partial charge in [0.25, 0.3) is 5.56 Å². The molecule has 1 aliphatic heterocycles. The van der Waals surface area contributed by atoms with Gasteiger partial charge in [-0.05, 0) is 25.1 Å². The van der Waals surface area contributed by atoms with Crippen molar-refractivity contribution in [1.82, 2.24) is 14.5 Å². The van der Waals surface area contributed by atoms with Crippen LogP contribution in [0.4, 0.5) is 0 Å². The van der Waals surface area contributed by atoms with Crippen LogP contribution < -0.4 is 5.56 Å². The van der Waals surface area contributed by atoms with Crippen molar-refractivity contribution >= 4 is 34.4 Å². The molecule has 3 aromatic rings. The molecular weight excluding hydrogens is 326 g/mol. The maximum absolute atomic E-state index is 12.7. The third-order valence-corrected chi connectivity index (χ3v) is 6.37. The third kappa shape index (κ3) is 2.88. The number of thioether (sulfide) groups is 2. The van der Waals surface area contributed by atoms with E-state index in [0.29, 0.717) is 22.7 Å². The summed E-state index contributed by atoms with van der Waals surface area (Å²) in [5, 5.41) is 1.82. The van der Waals surface area contributed by atoms with Crippen LogP contribution in [0.1, 0.15) is 5.56 Å². The zero-order valence-corrected chi connectivity index (χ0v) is 14.2. The molecular formula is C17H15N3OS2. The smallest absolute Gasteiger partial charge is 0.262 e. The van der Waals surface area contributed by atoms with Crippen LogP contribution in [-0.2, 0) is 6.54 Å². The summed E-state index contributed by atoms with van der Waals surface area (Å²) in [4.78, 5) is 22.6. The largest absolute Gasteiger partial charge is 0.286 e. The summed E-state index contributed by atoms with van der Waals surface area (Å²) in [5.41, 5.74) is 1.98. The molecule has 4 rings (SSSR count). The van der Waals surface area contributed by atoms with Crippen LogP contribution in [-0.4, -0.2) is 25.5 Å². The van der Waals surface area contributed by atoms with Gasteiger partial charge in [-0.15, -0.1) is 11.8 Å². The molecule has 0 fully saturated rings. The summed E-state index contributed by atoms with van der Waals surface area (Å²) in [5.74, 6) is 0.955. The molecule has 116 valence electrons. The van der Waals surface area contributed by atoms with Crippen molar-refractivity contribution in [1.29, 1.82) is 0 Å². The maximum atomic E-state index is 12.7. The van der Waals surface area contributed by atoms with E-state index in [2.05, 4.69) is 41.2 Å². The Morgan fingerprint density at radius 3 is 2.91 bits per heavy atom. The molecule has 6 heteroatoms. The minimum Gasteiger partial charge on any atom is -0.286 e. The van der Waals surface area contributed by atoms with Gasteiger partial charge in [-0.1, -0.05) is 29.5 Å². The molecule has 0 radical (unpaired) electrons. The van der Waals surface area contributed by atoms with Crippen LogP contribution in [0.2, 0.25) is 0 Å². The van der Waals surface area contributed by atoms with Crippen molar-refractivity contribution in [2.24, 2.45) is 0 Å². The van der Waals surface area contributed by atoms with E-state index in [-0.39, 0.29) is 5.56 Å². The first-order chi connectivity index (χ1) is 11.2. The van der Waals surface area contributed by atoms with Gasteiger partial charge in [-0.2, -0.15) is 0 Å². The van der Waals surface area contributed by atoms with Crippen molar-refractivity contribution in [3.05, 3.63) is 58.6 Å². The van der Waals surface area contributed by atoms with Gasteiger partial charge in [0.1, 0.15) is 0 Å². The Morgan fingerprint density at radius 2 is 2.09 bits per heavy atom. The lowest BCUT2D eigenvalue weighted by Crippen LogP contribution is -2.32. The summed E-state index contributed by atoms with van der Waals surface area (Å²) < 4.78 is 1.81. The first-order valence-electron chi connectivity index (χ1n) is 7.41. The molecule has 1 atom stereocenters. The van der Waals surface area contributed by atoms with Crippen LogP contribution in [0.3, 0.4) is 0 Å². The zero-order chi connectivity index (χ0) is 15.8. The molecule has 0 bridgehead atoms. The van der Waals surface area contributed by atoms with Crippen molar-refractivity contribution < 1.29 is 0 Å². The highest BCUT2D eigenvalue weighted by Gasteiger charge is 2.23. The van der Waals surface area contributed by atoms with Gasteiger partial charge in [0, 0.05) is 28.6 Å². The number of pyridine rings is 1. The number of rotatable bonds is 2. The highest BCUT2D eigenvalue weighted by molar-refractivity contribution is 8.03. The van der Waals surface area contributed by atoms with E-state index in [9.17, 15) is 4.79 Å². The van der Waals surface area contributed by atoms with Gasteiger partial charge >= 0.3 is 0 Å². The Labute approximate surface area is 142 Å². The minimum absolute atomic E-state index is 0.0362. The van der Waals surface area contributed by atoms with Crippen LogP contribution in [0, 0.1) is 6.92 Å². The number of aromatic nitrogens is 3. The van der Waals surface area contributed by atoms with E-state index in [4.69, 9.17) is 0 Å². The fraction of sp³-hybridized carbons (Fsp3) is 0.235. The van der Waals surface area contributed by atoms with E-state index >= 15 is 0 Å². The number of hydrogen-bond acceptors (Lipinski definition) is 5. The van der Waals surface area contributed by atoms with E-state index in [1.807, 2.05) is 16.3 Å². The molecule has 23 heavy (non-hydrogen) atoms. The normalized spacial score (nSPS) is 17.2. The first kappa shape index (κ1) is 14.8. The standard InChI is InChI=1S/C17H15N3OS2/c1-11-2-4-12(5-3-11)23-13-9-20-16(21)14-6-7-18-8-15(14)19-17(20)22-10-13/h2-8,13H,9-10H2,1H3. The molecule has 0 spiro atoms. The van der Waals surface area contributed by atoms with Crippen molar-refractivity contribution in [3.63, 3.8) is 0 Å². The maximum Gasteiger partial charge on any atom is 0.262 e. The van der Waals surface area contributed by atoms with Crippen LogP contribution in [0.5, 0.6) is 0 Å². The van der Waals surface area contributed by atoms with Crippen molar-refractivity contribution in [2.75, 3.05) is 5.75 Å². The van der Waals surface area contributed by atoms with Crippen LogP contribution in [0.25, 0.3) is 10.9 Å². The van der Waals surface area contributed by atoms with Gasteiger partial charge in [-0.3, -0.25) is 14.3 Å². The number of aryl methyl sites for hydroxylation is 1. The Balaban J connectivity index is 1.65. The minimum atomic E-state index is 0.0362. The van der Waals surface area contributed by atoms with E-state index in [1.165, 1.54) is 10.5 Å². The lowest BCUT2D eigenvalue weighted by atomic mass is 10.2. The molecule has 2 aromatic heterocycles. The van der Waals surface area contributed by atoms with E-state index in [0.717, 1.165) is 10.9 Å². The Morgan fingerprint density at radius 1 is 1.26 bits per heavy atom. The molecule has 0 amide bonds. The molecule has 1 aliphatic rings. The third-order valence-electron chi connectivity index (χ3n) is 3.83. The average Bonchev–Trinajstić information content (AvgIpc) is 2.58. The highest BCUT2D eigenvalue weighted by atomic mass is 32.2. The summed E-state index contributed by atoms with van der Waals surface area (Å²) in [6.07, 6.45) is 3.30. The lowest BCUT2D eigenvalue weighted by molar-refractivity contribution is 0.580. The highest BCUT2D eigenvalue weighted by Crippen LogP contribution is 2.33. The second-order valence-electron chi connectivity index (χ2n) is 5.57. The van der Waals surface area contributed by atoms with Gasteiger partial charge in [-0.25, -0.2) is 4.98 Å². The second kappa shape index (κ2) is 6.02.